The Morgan fingerprint density at radius 1 is 1.15 bits per heavy atom. The number of hydrogen-bond donors (Lipinski definition) is 0. The monoisotopic (exact) mass is 461 g/mol. The van der Waals surface area contributed by atoms with Gasteiger partial charge in [-0.15, -0.1) is 13.1 Å². The van der Waals surface area contributed by atoms with Crippen molar-refractivity contribution in [3.05, 3.63) is 41.7 Å². The molecule has 1 aromatic carbocycles. The zero-order valence-corrected chi connectivity index (χ0v) is 19.0. The van der Waals surface area contributed by atoms with Crippen LogP contribution in [-0.2, 0) is 37.4 Å². The smallest absolute Gasteiger partial charge is 0.425 e. The van der Waals surface area contributed by atoms with Crippen LogP contribution in [0, 0.1) is 11.5 Å². The van der Waals surface area contributed by atoms with Gasteiger partial charge in [-0.1, -0.05) is 19.3 Å². The standard InChI is InChI=1S/C11H16F3N2O2.C6H5.C2H6.Y/c1-8(11(12,13)14)18-9(17)16-4-2-10(3-5-16)6-15-7-10;1-2-4-6-5-3-1;1-2;/h8H,2-7H2,1H3;1-5H;1-2H3;/q2*-1;;. The molecule has 4 nitrogen and oxygen atoms in total. The van der Waals surface area contributed by atoms with Gasteiger partial charge in [0.05, 0.1) is 0 Å². The number of hydrogen-bond acceptors (Lipinski definition) is 2. The van der Waals surface area contributed by atoms with Crippen LogP contribution in [-0.4, -0.2) is 49.5 Å². The van der Waals surface area contributed by atoms with Gasteiger partial charge in [-0.2, -0.15) is 49.6 Å². The molecule has 0 aromatic heterocycles. The Balaban J connectivity index is 0.000000634. The van der Waals surface area contributed by atoms with Crippen LogP contribution in [0.4, 0.5) is 18.0 Å². The zero-order valence-electron chi connectivity index (χ0n) is 16.1. The van der Waals surface area contributed by atoms with E-state index in [0.717, 1.165) is 32.9 Å². The van der Waals surface area contributed by atoms with Gasteiger partial charge in [0.2, 0.25) is 0 Å². The summed E-state index contributed by atoms with van der Waals surface area (Å²) in [6, 6.07) is 12.5. The molecule has 151 valence electrons. The number of likely N-dealkylation sites (tertiary alicyclic amines) is 1. The topological polar surface area (TPSA) is 43.6 Å². The zero-order chi connectivity index (χ0) is 19.6. The second-order valence-electron chi connectivity index (χ2n) is 6.17. The molecule has 1 aromatic rings. The van der Waals surface area contributed by atoms with Gasteiger partial charge in [0.15, 0.2) is 6.10 Å². The summed E-state index contributed by atoms with van der Waals surface area (Å²) in [7, 11) is 0. The normalized spacial score (nSPS) is 18.4. The molecule has 1 radical (unpaired) electrons. The van der Waals surface area contributed by atoms with Crippen molar-refractivity contribution in [3.8, 4) is 0 Å². The summed E-state index contributed by atoms with van der Waals surface area (Å²) < 4.78 is 41.2. The van der Waals surface area contributed by atoms with Crippen molar-refractivity contribution < 1.29 is 55.4 Å². The summed E-state index contributed by atoms with van der Waals surface area (Å²) in [5.41, 5.74) is 0.201. The third kappa shape index (κ3) is 8.92. The fourth-order valence-corrected chi connectivity index (χ4v) is 2.54. The van der Waals surface area contributed by atoms with Crippen LogP contribution >= 0.6 is 0 Å². The quantitative estimate of drug-likeness (QED) is 0.550. The maximum absolute atomic E-state index is 12.3. The fourth-order valence-electron chi connectivity index (χ4n) is 2.54. The molecule has 1 spiro atoms. The first kappa shape index (κ1) is 26.3. The van der Waals surface area contributed by atoms with Crippen LogP contribution < -0.4 is 0 Å². The Hall–Kier alpha value is -0.656. The van der Waals surface area contributed by atoms with Crippen LogP contribution in [0.25, 0.3) is 5.32 Å². The number of amides is 1. The predicted octanol–water partition coefficient (Wildman–Crippen LogP) is 5.05. The second-order valence-corrected chi connectivity index (χ2v) is 6.17. The third-order valence-electron chi connectivity index (χ3n) is 4.32. The van der Waals surface area contributed by atoms with Crippen molar-refractivity contribution in [2.75, 3.05) is 26.2 Å². The average Bonchev–Trinajstić information content (AvgIpc) is 2.63. The van der Waals surface area contributed by atoms with Gasteiger partial charge >= 0.3 is 12.3 Å². The van der Waals surface area contributed by atoms with E-state index in [-0.39, 0.29) is 38.1 Å². The predicted molar refractivity (Wildman–Crippen MR) is 95.0 cm³/mol. The molecule has 1 unspecified atom stereocenters. The minimum atomic E-state index is -4.50. The maximum atomic E-state index is 12.3. The van der Waals surface area contributed by atoms with Crippen LogP contribution in [0.1, 0.15) is 33.6 Å². The minimum absolute atomic E-state index is 0. The Morgan fingerprint density at radius 3 is 1.96 bits per heavy atom. The molecule has 2 aliphatic heterocycles. The summed E-state index contributed by atoms with van der Waals surface area (Å²) in [6.45, 7) is 7.38. The summed E-state index contributed by atoms with van der Waals surface area (Å²) in [5, 5.41) is 4.16. The molecular formula is C19H27F3N2O2Y-2. The van der Waals surface area contributed by atoms with Crippen molar-refractivity contribution in [1.82, 2.24) is 4.90 Å². The largest absolute Gasteiger partial charge is 0.661 e. The van der Waals surface area contributed by atoms with E-state index in [0.29, 0.717) is 13.1 Å². The summed E-state index contributed by atoms with van der Waals surface area (Å²) >= 11 is 0. The van der Waals surface area contributed by atoms with E-state index in [1.54, 1.807) is 0 Å². The molecule has 0 bridgehead atoms. The van der Waals surface area contributed by atoms with Crippen molar-refractivity contribution in [2.45, 2.75) is 45.9 Å². The number of carbonyl (C=O) groups excluding carboxylic acids is 1. The molecule has 2 aliphatic rings. The molecular weight excluding hydrogens is 434 g/mol. The maximum Gasteiger partial charge on any atom is 0.425 e. The Bertz CT molecular complexity index is 489. The molecule has 0 aliphatic carbocycles. The molecule has 8 heteroatoms. The number of alkyl halides is 3. The van der Waals surface area contributed by atoms with Crippen LogP contribution in [0.5, 0.6) is 0 Å². The number of carbonyl (C=O) groups is 1. The molecule has 27 heavy (non-hydrogen) atoms. The first-order valence-corrected chi connectivity index (χ1v) is 8.89. The minimum Gasteiger partial charge on any atom is -0.661 e. The van der Waals surface area contributed by atoms with Gasteiger partial charge in [0.1, 0.15) is 0 Å². The molecule has 0 N–H and O–H groups in total. The summed E-state index contributed by atoms with van der Waals surface area (Å²) in [5.74, 6) is 0. The van der Waals surface area contributed by atoms with E-state index < -0.39 is 18.4 Å². The fraction of sp³-hybridized carbons (Fsp3) is 0.632. The van der Waals surface area contributed by atoms with E-state index in [2.05, 4.69) is 16.1 Å². The van der Waals surface area contributed by atoms with E-state index in [1.165, 1.54) is 4.90 Å². The van der Waals surface area contributed by atoms with Crippen LogP contribution in [0.15, 0.2) is 30.3 Å². The Labute approximate surface area is 185 Å². The molecule has 1 atom stereocenters. The van der Waals surface area contributed by atoms with Gasteiger partial charge in [0, 0.05) is 45.8 Å². The van der Waals surface area contributed by atoms with Gasteiger partial charge in [-0.05, 0) is 19.8 Å². The van der Waals surface area contributed by atoms with Crippen LogP contribution in [0.2, 0.25) is 0 Å². The van der Waals surface area contributed by atoms with Crippen LogP contribution in [0.3, 0.4) is 0 Å². The number of benzene rings is 1. The van der Waals surface area contributed by atoms with Gasteiger partial charge < -0.3 is 15.0 Å². The van der Waals surface area contributed by atoms with Crippen molar-refractivity contribution in [1.29, 1.82) is 0 Å². The van der Waals surface area contributed by atoms with E-state index in [9.17, 15) is 18.0 Å². The Kier molecular flexibility index (Phi) is 12.4. The SMILES string of the molecule is CC.CC(OC(=O)N1CCC2(CC1)C[N-]C2)C(F)(F)F.[Y].[c-]1ccccc1. The van der Waals surface area contributed by atoms with Crippen molar-refractivity contribution >= 4 is 6.09 Å². The second kappa shape index (κ2) is 12.7. The van der Waals surface area contributed by atoms with Gasteiger partial charge in [-0.25, -0.2) is 4.79 Å². The molecule has 0 saturated carbocycles. The first-order valence-electron chi connectivity index (χ1n) is 8.89. The number of rotatable bonds is 1. The summed E-state index contributed by atoms with van der Waals surface area (Å²) in [6.07, 6.45) is -5.83. The van der Waals surface area contributed by atoms with Crippen molar-refractivity contribution in [2.24, 2.45) is 5.41 Å². The molecule has 2 fully saturated rings. The molecule has 2 saturated heterocycles. The summed E-state index contributed by atoms with van der Waals surface area (Å²) in [4.78, 5) is 12.9. The Morgan fingerprint density at radius 2 is 1.67 bits per heavy atom. The van der Waals surface area contributed by atoms with Crippen molar-refractivity contribution in [3.63, 3.8) is 0 Å². The molecule has 3 rings (SSSR count). The average molecular weight is 461 g/mol. The first-order chi connectivity index (χ1) is 12.3. The third-order valence-corrected chi connectivity index (χ3v) is 4.32. The number of nitrogens with zero attached hydrogens (tertiary/aromatic N) is 2. The molecule has 2 heterocycles. The van der Waals surface area contributed by atoms with Gasteiger partial charge in [0.25, 0.3) is 0 Å². The number of ether oxygens (including phenoxy) is 1. The van der Waals surface area contributed by atoms with E-state index >= 15 is 0 Å². The number of halogens is 3. The van der Waals surface area contributed by atoms with Gasteiger partial charge in [-0.3, -0.25) is 0 Å². The number of piperidine rings is 1. The van der Waals surface area contributed by atoms with E-state index in [4.69, 9.17) is 0 Å². The molecule has 1 amide bonds. The van der Waals surface area contributed by atoms with E-state index in [1.807, 2.05) is 44.2 Å².